The van der Waals surface area contributed by atoms with Gasteiger partial charge in [-0.15, -0.1) is 0 Å². The van der Waals surface area contributed by atoms with E-state index in [-0.39, 0.29) is 11.3 Å². The first kappa shape index (κ1) is 15.8. The predicted octanol–water partition coefficient (Wildman–Crippen LogP) is 6.19. The molecule has 3 aromatic carbocycles. The molecular formula is C21H13F3N2O. The van der Waals surface area contributed by atoms with Gasteiger partial charge in [0.2, 0.25) is 0 Å². The zero-order valence-corrected chi connectivity index (χ0v) is 13.9. The van der Waals surface area contributed by atoms with Crippen LogP contribution < -0.4 is 0 Å². The van der Waals surface area contributed by atoms with Crippen LogP contribution in [0.2, 0.25) is 0 Å². The van der Waals surface area contributed by atoms with Gasteiger partial charge in [-0.05, 0) is 41.5 Å². The van der Waals surface area contributed by atoms with Crippen LogP contribution in [-0.4, -0.2) is 15.1 Å². The molecule has 0 saturated carbocycles. The fraction of sp³-hybridized carbons (Fsp3) is 0.0476. The van der Waals surface area contributed by atoms with E-state index in [9.17, 15) is 18.3 Å². The van der Waals surface area contributed by atoms with Crippen LogP contribution in [0.4, 0.5) is 13.2 Å². The predicted molar refractivity (Wildman–Crippen MR) is 99.8 cm³/mol. The SMILES string of the molecule is Oc1ccc2[nH]c3cc(-c4ccccc4C(F)(F)F)c4c[nH]cc4c3c2c1. The molecule has 0 atom stereocenters. The van der Waals surface area contributed by atoms with Crippen molar-refractivity contribution in [1.82, 2.24) is 9.97 Å². The van der Waals surface area contributed by atoms with Gasteiger partial charge in [0.1, 0.15) is 5.75 Å². The number of rotatable bonds is 1. The summed E-state index contributed by atoms with van der Waals surface area (Å²) in [4.78, 5) is 6.26. The standard InChI is InChI=1S/C21H13F3N2O/c22-21(23,24)17-4-2-1-3-12(17)13-8-19-20(16-10-25-9-15(13)16)14-7-11(27)5-6-18(14)26-19/h1-10,25-27H. The number of nitrogens with one attached hydrogen (secondary N) is 2. The molecule has 0 spiro atoms. The maximum Gasteiger partial charge on any atom is 0.417 e. The molecule has 2 aromatic heterocycles. The molecule has 0 aliphatic rings. The van der Waals surface area contributed by atoms with Crippen LogP contribution in [0.5, 0.6) is 5.75 Å². The molecule has 0 aliphatic heterocycles. The van der Waals surface area contributed by atoms with E-state index in [4.69, 9.17) is 0 Å². The van der Waals surface area contributed by atoms with Crippen molar-refractivity contribution < 1.29 is 18.3 Å². The molecule has 6 heteroatoms. The Balaban J connectivity index is 1.93. The van der Waals surface area contributed by atoms with Crippen LogP contribution in [0.3, 0.4) is 0 Å². The number of hydrogen-bond donors (Lipinski definition) is 3. The highest BCUT2D eigenvalue weighted by molar-refractivity contribution is 6.23. The summed E-state index contributed by atoms with van der Waals surface area (Å²) in [7, 11) is 0. The molecule has 0 aliphatic carbocycles. The van der Waals surface area contributed by atoms with Crippen molar-refractivity contribution >= 4 is 32.6 Å². The molecule has 0 bridgehead atoms. The first-order chi connectivity index (χ1) is 12.9. The number of hydrogen-bond acceptors (Lipinski definition) is 1. The highest BCUT2D eigenvalue weighted by atomic mass is 19.4. The summed E-state index contributed by atoms with van der Waals surface area (Å²) in [5, 5.41) is 13.0. The van der Waals surface area contributed by atoms with E-state index < -0.39 is 11.7 Å². The third kappa shape index (κ3) is 2.30. The largest absolute Gasteiger partial charge is 0.508 e. The van der Waals surface area contributed by atoms with Gasteiger partial charge in [0.05, 0.1) is 5.56 Å². The molecular weight excluding hydrogens is 353 g/mol. The fourth-order valence-corrected chi connectivity index (χ4v) is 3.80. The minimum Gasteiger partial charge on any atom is -0.508 e. The minimum atomic E-state index is -4.44. The Hall–Kier alpha value is -3.41. The van der Waals surface area contributed by atoms with E-state index in [0.29, 0.717) is 10.9 Å². The summed E-state index contributed by atoms with van der Waals surface area (Å²) in [6, 6.07) is 12.3. The molecule has 0 radical (unpaired) electrons. The summed E-state index contributed by atoms with van der Waals surface area (Å²) in [6.45, 7) is 0. The molecule has 3 nitrogen and oxygen atoms in total. The number of aromatic nitrogens is 2. The first-order valence-electron chi connectivity index (χ1n) is 8.34. The summed E-state index contributed by atoms with van der Waals surface area (Å²) >= 11 is 0. The minimum absolute atomic E-state index is 0.137. The van der Waals surface area contributed by atoms with Crippen LogP contribution >= 0.6 is 0 Å². The zero-order chi connectivity index (χ0) is 18.8. The molecule has 0 amide bonds. The quantitative estimate of drug-likeness (QED) is 0.325. The number of H-pyrrole nitrogens is 2. The number of benzene rings is 3. The van der Waals surface area contributed by atoms with E-state index in [1.54, 1.807) is 42.7 Å². The molecule has 134 valence electrons. The molecule has 5 rings (SSSR count). The molecule has 0 unspecified atom stereocenters. The van der Waals surface area contributed by atoms with Gasteiger partial charge in [0, 0.05) is 45.0 Å². The lowest BCUT2D eigenvalue weighted by Gasteiger charge is -2.14. The lowest BCUT2D eigenvalue weighted by molar-refractivity contribution is -0.137. The number of phenols is 1. The second-order valence-electron chi connectivity index (χ2n) is 6.53. The van der Waals surface area contributed by atoms with Gasteiger partial charge < -0.3 is 15.1 Å². The van der Waals surface area contributed by atoms with Gasteiger partial charge in [-0.3, -0.25) is 0 Å². The average Bonchev–Trinajstić information content (AvgIpc) is 3.24. The fourth-order valence-electron chi connectivity index (χ4n) is 3.80. The van der Waals surface area contributed by atoms with Crippen molar-refractivity contribution in [1.29, 1.82) is 0 Å². The van der Waals surface area contributed by atoms with Crippen molar-refractivity contribution in [3.8, 4) is 16.9 Å². The Labute approximate surface area is 151 Å². The second kappa shape index (κ2) is 5.30. The Morgan fingerprint density at radius 1 is 0.778 bits per heavy atom. The first-order valence-corrected chi connectivity index (χ1v) is 8.34. The number of aromatic amines is 2. The molecule has 5 aromatic rings. The third-order valence-electron chi connectivity index (χ3n) is 4.93. The van der Waals surface area contributed by atoms with Crippen LogP contribution in [0.1, 0.15) is 5.56 Å². The van der Waals surface area contributed by atoms with E-state index in [0.717, 1.165) is 33.3 Å². The monoisotopic (exact) mass is 366 g/mol. The third-order valence-corrected chi connectivity index (χ3v) is 4.93. The Bertz CT molecular complexity index is 1330. The highest BCUT2D eigenvalue weighted by Gasteiger charge is 2.33. The second-order valence-corrected chi connectivity index (χ2v) is 6.53. The lowest BCUT2D eigenvalue weighted by atomic mass is 9.94. The van der Waals surface area contributed by atoms with Crippen LogP contribution in [0.15, 0.2) is 60.9 Å². The zero-order valence-electron chi connectivity index (χ0n) is 13.9. The van der Waals surface area contributed by atoms with Gasteiger partial charge in [-0.25, -0.2) is 0 Å². The van der Waals surface area contributed by atoms with Gasteiger partial charge in [-0.1, -0.05) is 18.2 Å². The number of halogens is 3. The maximum absolute atomic E-state index is 13.5. The van der Waals surface area contributed by atoms with Crippen LogP contribution in [-0.2, 0) is 6.18 Å². The summed E-state index contributed by atoms with van der Waals surface area (Å²) in [5.74, 6) is 0.138. The van der Waals surface area contributed by atoms with Crippen molar-refractivity contribution in [3.05, 3.63) is 66.5 Å². The number of phenolic OH excluding ortho intramolecular Hbond substituents is 1. The van der Waals surface area contributed by atoms with Gasteiger partial charge >= 0.3 is 6.18 Å². The van der Waals surface area contributed by atoms with E-state index >= 15 is 0 Å². The maximum atomic E-state index is 13.5. The summed E-state index contributed by atoms with van der Waals surface area (Å²) in [5.41, 5.74) is 1.50. The molecule has 0 saturated heterocycles. The number of aromatic hydroxyl groups is 1. The van der Waals surface area contributed by atoms with Gasteiger partial charge in [0.25, 0.3) is 0 Å². The topological polar surface area (TPSA) is 51.8 Å². The normalized spacial score (nSPS) is 12.4. The van der Waals surface area contributed by atoms with E-state index in [1.165, 1.54) is 12.1 Å². The average molecular weight is 366 g/mol. The van der Waals surface area contributed by atoms with Gasteiger partial charge in [-0.2, -0.15) is 13.2 Å². The van der Waals surface area contributed by atoms with Crippen LogP contribution in [0, 0.1) is 0 Å². The Kier molecular flexibility index (Phi) is 3.10. The molecule has 0 fully saturated rings. The van der Waals surface area contributed by atoms with Crippen molar-refractivity contribution in [2.24, 2.45) is 0 Å². The highest BCUT2D eigenvalue weighted by Crippen LogP contribution is 2.43. The van der Waals surface area contributed by atoms with Crippen molar-refractivity contribution in [2.75, 3.05) is 0 Å². The van der Waals surface area contributed by atoms with E-state index in [1.807, 2.05) is 0 Å². The van der Waals surface area contributed by atoms with E-state index in [2.05, 4.69) is 9.97 Å². The van der Waals surface area contributed by atoms with Crippen LogP contribution in [0.25, 0.3) is 43.7 Å². The Morgan fingerprint density at radius 2 is 1.56 bits per heavy atom. The number of alkyl halides is 3. The molecule has 3 N–H and O–H groups in total. The van der Waals surface area contributed by atoms with Crippen molar-refractivity contribution in [2.45, 2.75) is 6.18 Å². The smallest absolute Gasteiger partial charge is 0.417 e. The lowest BCUT2D eigenvalue weighted by Crippen LogP contribution is -2.06. The van der Waals surface area contributed by atoms with Crippen molar-refractivity contribution in [3.63, 3.8) is 0 Å². The molecule has 27 heavy (non-hydrogen) atoms. The van der Waals surface area contributed by atoms with Gasteiger partial charge in [0.15, 0.2) is 0 Å². The molecule has 2 heterocycles. The summed E-state index contributed by atoms with van der Waals surface area (Å²) < 4.78 is 40.6. The summed E-state index contributed by atoms with van der Waals surface area (Å²) in [6.07, 6.45) is -0.964. The Morgan fingerprint density at radius 3 is 2.37 bits per heavy atom. The number of fused-ring (bicyclic) bond motifs is 5.